The predicted octanol–water partition coefficient (Wildman–Crippen LogP) is 3.95. The SMILES string of the molecule is CC[C@@H](C)C(=O)N1CC[C@@H](C)Sc2ccccc21. The van der Waals surface area contributed by atoms with Gasteiger partial charge >= 0.3 is 0 Å². The fourth-order valence-electron chi connectivity index (χ4n) is 2.16. The summed E-state index contributed by atoms with van der Waals surface area (Å²) in [6, 6.07) is 8.27. The molecule has 0 saturated heterocycles. The lowest BCUT2D eigenvalue weighted by Gasteiger charge is -2.25. The van der Waals surface area contributed by atoms with Crippen molar-refractivity contribution < 1.29 is 4.79 Å². The Morgan fingerprint density at radius 1 is 1.50 bits per heavy atom. The number of anilines is 1. The minimum Gasteiger partial charge on any atom is -0.311 e. The van der Waals surface area contributed by atoms with Crippen molar-refractivity contribution in [3.05, 3.63) is 24.3 Å². The highest BCUT2D eigenvalue weighted by molar-refractivity contribution is 8.00. The maximum Gasteiger partial charge on any atom is 0.229 e. The molecule has 1 amide bonds. The molecule has 0 fully saturated rings. The van der Waals surface area contributed by atoms with Gasteiger partial charge in [-0.15, -0.1) is 11.8 Å². The quantitative estimate of drug-likeness (QED) is 0.805. The van der Waals surface area contributed by atoms with Crippen molar-refractivity contribution in [3.63, 3.8) is 0 Å². The van der Waals surface area contributed by atoms with Gasteiger partial charge in [0.1, 0.15) is 0 Å². The van der Waals surface area contributed by atoms with E-state index in [-0.39, 0.29) is 11.8 Å². The molecule has 0 radical (unpaired) electrons. The van der Waals surface area contributed by atoms with Crippen molar-refractivity contribution in [1.82, 2.24) is 0 Å². The molecule has 3 heteroatoms. The summed E-state index contributed by atoms with van der Waals surface area (Å²) >= 11 is 1.88. The van der Waals surface area contributed by atoms with Crippen LogP contribution in [0, 0.1) is 5.92 Å². The van der Waals surface area contributed by atoms with Gasteiger partial charge < -0.3 is 4.90 Å². The van der Waals surface area contributed by atoms with Gasteiger partial charge in [-0.2, -0.15) is 0 Å². The van der Waals surface area contributed by atoms with E-state index in [4.69, 9.17) is 0 Å². The van der Waals surface area contributed by atoms with Crippen LogP contribution in [0.15, 0.2) is 29.2 Å². The molecule has 2 nitrogen and oxygen atoms in total. The number of rotatable bonds is 2. The molecule has 0 N–H and O–H groups in total. The maximum absolute atomic E-state index is 12.5. The van der Waals surface area contributed by atoms with Crippen molar-refractivity contribution in [2.75, 3.05) is 11.4 Å². The van der Waals surface area contributed by atoms with Gasteiger partial charge in [0, 0.05) is 22.6 Å². The number of thioether (sulfide) groups is 1. The van der Waals surface area contributed by atoms with Crippen LogP contribution in [0.1, 0.15) is 33.6 Å². The molecule has 98 valence electrons. The van der Waals surface area contributed by atoms with E-state index in [0.29, 0.717) is 5.25 Å². The molecule has 1 aliphatic rings. The average Bonchev–Trinajstić information content (AvgIpc) is 2.55. The molecule has 1 aromatic carbocycles. The molecular formula is C15H21NOS. The second kappa shape index (κ2) is 5.79. The Labute approximate surface area is 114 Å². The first kappa shape index (κ1) is 13.5. The van der Waals surface area contributed by atoms with Crippen molar-refractivity contribution >= 4 is 23.4 Å². The van der Waals surface area contributed by atoms with E-state index in [0.717, 1.165) is 25.1 Å². The van der Waals surface area contributed by atoms with E-state index < -0.39 is 0 Å². The fraction of sp³-hybridized carbons (Fsp3) is 0.533. The third-order valence-corrected chi connectivity index (χ3v) is 4.78. The van der Waals surface area contributed by atoms with E-state index in [9.17, 15) is 4.79 Å². The molecular weight excluding hydrogens is 242 g/mol. The number of fused-ring (bicyclic) bond motifs is 1. The Morgan fingerprint density at radius 3 is 2.94 bits per heavy atom. The summed E-state index contributed by atoms with van der Waals surface area (Å²) in [4.78, 5) is 15.7. The van der Waals surface area contributed by atoms with Gasteiger partial charge in [-0.05, 0) is 25.0 Å². The van der Waals surface area contributed by atoms with Crippen molar-refractivity contribution in [2.45, 2.75) is 43.8 Å². The predicted molar refractivity (Wildman–Crippen MR) is 78.2 cm³/mol. The molecule has 0 aliphatic carbocycles. The van der Waals surface area contributed by atoms with Gasteiger partial charge in [0.15, 0.2) is 0 Å². The first-order valence-electron chi connectivity index (χ1n) is 6.70. The zero-order chi connectivity index (χ0) is 13.1. The monoisotopic (exact) mass is 263 g/mol. The lowest BCUT2D eigenvalue weighted by Crippen LogP contribution is -2.36. The Hall–Kier alpha value is -0.960. The lowest BCUT2D eigenvalue weighted by molar-refractivity contribution is -0.122. The topological polar surface area (TPSA) is 20.3 Å². The summed E-state index contributed by atoms with van der Waals surface area (Å²) < 4.78 is 0. The van der Waals surface area contributed by atoms with Crippen LogP contribution in [-0.4, -0.2) is 17.7 Å². The van der Waals surface area contributed by atoms with Crippen LogP contribution in [0.4, 0.5) is 5.69 Å². The van der Waals surface area contributed by atoms with Crippen LogP contribution in [0.2, 0.25) is 0 Å². The fourth-order valence-corrected chi connectivity index (χ4v) is 3.27. The summed E-state index contributed by atoms with van der Waals surface area (Å²) in [6.07, 6.45) is 1.96. The van der Waals surface area contributed by atoms with E-state index in [1.165, 1.54) is 4.90 Å². The highest BCUT2D eigenvalue weighted by Crippen LogP contribution is 2.37. The zero-order valence-corrected chi connectivity index (χ0v) is 12.2. The lowest BCUT2D eigenvalue weighted by atomic mass is 10.1. The summed E-state index contributed by atoms with van der Waals surface area (Å²) in [5, 5.41) is 0.570. The molecule has 2 atom stereocenters. The molecule has 0 aromatic heterocycles. The molecule has 18 heavy (non-hydrogen) atoms. The summed E-state index contributed by atoms with van der Waals surface area (Å²) in [5.74, 6) is 0.371. The Kier molecular flexibility index (Phi) is 4.33. The van der Waals surface area contributed by atoms with E-state index in [1.54, 1.807) is 0 Å². The molecule has 1 aromatic rings. The summed E-state index contributed by atoms with van der Waals surface area (Å²) in [5.41, 5.74) is 1.09. The number of benzene rings is 1. The van der Waals surface area contributed by atoms with Crippen molar-refractivity contribution in [1.29, 1.82) is 0 Å². The third kappa shape index (κ3) is 2.72. The van der Waals surface area contributed by atoms with Crippen LogP contribution >= 0.6 is 11.8 Å². The number of nitrogens with zero attached hydrogens (tertiary/aromatic N) is 1. The van der Waals surface area contributed by atoms with Crippen molar-refractivity contribution in [2.24, 2.45) is 5.92 Å². The number of amides is 1. The molecule has 0 spiro atoms. The van der Waals surface area contributed by atoms with Crippen LogP contribution in [0.25, 0.3) is 0 Å². The summed E-state index contributed by atoms with van der Waals surface area (Å²) in [7, 11) is 0. The van der Waals surface area contributed by atoms with E-state index >= 15 is 0 Å². The zero-order valence-electron chi connectivity index (χ0n) is 11.3. The van der Waals surface area contributed by atoms with Crippen LogP contribution in [-0.2, 0) is 4.79 Å². The molecule has 1 heterocycles. The van der Waals surface area contributed by atoms with Crippen LogP contribution in [0.3, 0.4) is 0 Å². The number of para-hydroxylation sites is 1. The Balaban J connectivity index is 2.34. The van der Waals surface area contributed by atoms with E-state index in [1.807, 2.05) is 29.7 Å². The highest BCUT2D eigenvalue weighted by Gasteiger charge is 2.26. The Morgan fingerprint density at radius 2 is 2.22 bits per heavy atom. The van der Waals surface area contributed by atoms with Gasteiger partial charge in [0.05, 0.1) is 5.69 Å². The average molecular weight is 263 g/mol. The third-order valence-electron chi connectivity index (χ3n) is 3.54. The van der Waals surface area contributed by atoms with Gasteiger partial charge in [-0.25, -0.2) is 0 Å². The smallest absolute Gasteiger partial charge is 0.229 e. The first-order chi connectivity index (χ1) is 8.63. The van der Waals surface area contributed by atoms with Crippen molar-refractivity contribution in [3.8, 4) is 0 Å². The van der Waals surface area contributed by atoms with Gasteiger partial charge in [-0.3, -0.25) is 4.79 Å². The van der Waals surface area contributed by atoms with Gasteiger partial charge in [-0.1, -0.05) is 32.9 Å². The van der Waals surface area contributed by atoms with Crippen LogP contribution < -0.4 is 4.90 Å². The highest BCUT2D eigenvalue weighted by atomic mass is 32.2. The molecule has 2 rings (SSSR count). The minimum absolute atomic E-state index is 0.108. The molecule has 0 saturated carbocycles. The largest absolute Gasteiger partial charge is 0.311 e. The number of carbonyl (C=O) groups excluding carboxylic acids is 1. The standard InChI is InChI=1S/C15H21NOS/c1-4-11(2)15(17)16-10-9-12(3)18-14-8-6-5-7-13(14)16/h5-8,11-12H,4,9-10H2,1-3H3/t11-,12-/m1/s1. The second-order valence-electron chi connectivity index (χ2n) is 4.98. The number of hydrogen-bond donors (Lipinski definition) is 0. The Bertz CT molecular complexity index is 432. The normalized spacial score (nSPS) is 21.1. The number of hydrogen-bond acceptors (Lipinski definition) is 2. The molecule has 0 bridgehead atoms. The van der Waals surface area contributed by atoms with Crippen LogP contribution in [0.5, 0.6) is 0 Å². The van der Waals surface area contributed by atoms with Gasteiger partial charge in [0.25, 0.3) is 0 Å². The first-order valence-corrected chi connectivity index (χ1v) is 7.58. The minimum atomic E-state index is 0.108. The maximum atomic E-state index is 12.5. The molecule has 0 unspecified atom stereocenters. The van der Waals surface area contributed by atoms with E-state index in [2.05, 4.69) is 32.0 Å². The summed E-state index contributed by atoms with van der Waals surface area (Å²) in [6.45, 7) is 7.17. The number of carbonyl (C=O) groups is 1. The second-order valence-corrected chi connectivity index (χ2v) is 6.46. The van der Waals surface area contributed by atoms with Gasteiger partial charge in [0.2, 0.25) is 5.91 Å². The molecule has 1 aliphatic heterocycles.